The second-order valence-corrected chi connectivity index (χ2v) is 6.94. The summed E-state index contributed by atoms with van der Waals surface area (Å²) in [5.74, 6) is 0.247. The molecule has 0 bridgehead atoms. The number of nitrogens with one attached hydrogen (secondary N) is 1. The van der Waals surface area contributed by atoms with Gasteiger partial charge in [-0.25, -0.2) is 0 Å². The lowest BCUT2D eigenvalue weighted by molar-refractivity contribution is -0.123. The summed E-state index contributed by atoms with van der Waals surface area (Å²) in [5.41, 5.74) is 2.31. The number of benzene rings is 2. The normalized spacial score (nSPS) is 11.7. The predicted molar refractivity (Wildman–Crippen MR) is 104 cm³/mol. The molecule has 0 aliphatic carbocycles. The van der Waals surface area contributed by atoms with Crippen LogP contribution in [0.5, 0.6) is 5.75 Å². The standard InChI is InChI=1S/C19H22Cl2N2O2/c1-13(10-14-4-7-16(8-5-14)23(2)3)22-19(24)12-25-18-9-6-15(20)11-17(18)21/h4-9,11,13H,10,12H2,1-3H3,(H,22,24). The second kappa shape index (κ2) is 8.97. The zero-order valence-corrected chi connectivity index (χ0v) is 16.1. The Kier molecular flexibility index (Phi) is 6.97. The molecule has 1 unspecified atom stereocenters. The third-order valence-electron chi connectivity index (χ3n) is 3.65. The third kappa shape index (κ3) is 6.15. The highest BCUT2D eigenvalue weighted by atomic mass is 35.5. The Labute approximate surface area is 158 Å². The van der Waals surface area contributed by atoms with Crippen LogP contribution in [0.1, 0.15) is 12.5 Å². The average Bonchev–Trinajstić information content (AvgIpc) is 2.54. The zero-order chi connectivity index (χ0) is 18.4. The number of amides is 1. The zero-order valence-electron chi connectivity index (χ0n) is 14.6. The molecule has 25 heavy (non-hydrogen) atoms. The molecule has 134 valence electrons. The van der Waals surface area contributed by atoms with Crippen molar-refractivity contribution in [3.63, 3.8) is 0 Å². The highest BCUT2D eigenvalue weighted by Gasteiger charge is 2.10. The van der Waals surface area contributed by atoms with Crippen LogP contribution < -0.4 is 15.0 Å². The maximum Gasteiger partial charge on any atom is 0.258 e. The molecule has 0 aliphatic heterocycles. The van der Waals surface area contributed by atoms with Gasteiger partial charge in [-0.2, -0.15) is 0 Å². The lowest BCUT2D eigenvalue weighted by Gasteiger charge is -2.16. The molecular formula is C19H22Cl2N2O2. The van der Waals surface area contributed by atoms with E-state index in [1.54, 1.807) is 18.2 Å². The first-order valence-corrected chi connectivity index (χ1v) is 8.74. The third-order valence-corrected chi connectivity index (χ3v) is 4.19. The van der Waals surface area contributed by atoms with Crippen molar-refractivity contribution in [2.24, 2.45) is 0 Å². The number of halogens is 2. The van der Waals surface area contributed by atoms with Crippen LogP contribution in [-0.2, 0) is 11.2 Å². The van der Waals surface area contributed by atoms with Gasteiger partial charge < -0.3 is 15.0 Å². The number of nitrogens with zero attached hydrogens (tertiary/aromatic N) is 1. The maximum absolute atomic E-state index is 12.0. The molecule has 0 saturated carbocycles. The molecule has 1 atom stereocenters. The number of hydrogen-bond donors (Lipinski definition) is 1. The summed E-state index contributed by atoms with van der Waals surface area (Å²) in [5, 5.41) is 3.83. The van der Waals surface area contributed by atoms with Crippen molar-refractivity contribution >= 4 is 34.8 Å². The van der Waals surface area contributed by atoms with Gasteiger partial charge in [-0.1, -0.05) is 35.3 Å². The number of rotatable bonds is 7. The van der Waals surface area contributed by atoms with Gasteiger partial charge in [0, 0.05) is 30.8 Å². The molecule has 2 aromatic rings. The molecule has 1 amide bonds. The highest BCUT2D eigenvalue weighted by Crippen LogP contribution is 2.27. The van der Waals surface area contributed by atoms with E-state index in [9.17, 15) is 4.79 Å². The number of carbonyl (C=O) groups is 1. The van der Waals surface area contributed by atoms with Crippen LogP contribution in [0, 0.1) is 0 Å². The summed E-state index contributed by atoms with van der Waals surface area (Å²) >= 11 is 11.8. The summed E-state index contributed by atoms with van der Waals surface area (Å²) < 4.78 is 5.44. The molecule has 0 aromatic heterocycles. The summed E-state index contributed by atoms with van der Waals surface area (Å²) in [6.07, 6.45) is 0.751. The SMILES string of the molecule is CC(Cc1ccc(N(C)C)cc1)NC(=O)COc1ccc(Cl)cc1Cl. The van der Waals surface area contributed by atoms with Gasteiger partial charge in [0.2, 0.25) is 0 Å². The fourth-order valence-electron chi connectivity index (χ4n) is 2.39. The highest BCUT2D eigenvalue weighted by molar-refractivity contribution is 6.35. The van der Waals surface area contributed by atoms with Gasteiger partial charge in [-0.15, -0.1) is 0 Å². The molecule has 6 heteroatoms. The van der Waals surface area contributed by atoms with Crippen LogP contribution in [0.2, 0.25) is 10.0 Å². The fraction of sp³-hybridized carbons (Fsp3) is 0.316. The number of carbonyl (C=O) groups excluding carboxylic acids is 1. The first-order chi connectivity index (χ1) is 11.8. The van der Waals surface area contributed by atoms with Crippen LogP contribution in [0.3, 0.4) is 0 Å². The lowest BCUT2D eigenvalue weighted by Crippen LogP contribution is -2.37. The summed E-state index contributed by atoms with van der Waals surface area (Å²) in [6.45, 7) is 1.87. The minimum atomic E-state index is -0.191. The van der Waals surface area contributed by atoms with Gasteiger partial charge >= 0.3 is 0 Å². The Morgan fingerprint density at radius 1 is 1.16 bits per heavy atom. The minimum Gasteiger partial charge on any atom is -0.482 e. The van der Waals surface area contributed by atoms with Crippen molar-refractivity contribution in [2.75, 3.05) is 25.6 Å². The molecule has 0 spiro atoms. The van der Waals surface area contributed by atoms with Gasteiger partial charge in [0.25, 0.3) is 5.91 Å². The minimum absolute atomic E-state index is 0.00185. The monoisotopic (exact) mass is 380 g/mol. The maximum atomic E-state index is 12.0. The molecule has 0 saturated heterocycles. The Balaban J connectivity index is 1.81. The van der Waals surface area contributed by atoms with Crippen LogP contribution >= 0.6 is 23.2 Å². The first kappa shape index (κ1) is 19.4. The van der Waals surface area contributed by atoms with Crippen LogP contribution in [0.15, 0.2) is 42.5 Å². The molecule has 0 aliphatic rings. The summed E-state index contributed by atoms with van der Waals surface area (Å²) in [6, 6.07) is 13.2. The molecule has 4 nitrogen and oxygen atoms in total. The van der Waals surface area contributed by atoms with Crippen molar-refractivity contribution in [1.29, 1.82) is 0 Å². The molecule has 2 rings (SSSR count). The van der Waals surface area contributed by atoms with Crippen molar-refractivity contribution in [3.05, 3.63) is 58.1 Å². The van der Waals surface area contributed by atoms with Gasteiger partial charge in [-0.05, 0) is 49.2 Å². The van der Waals surface area contributed by atoms with E-state index in [1.807, 2.05) is 25.9 Å². The van der Waals surface area contributed by atoms with Crippen molar-refractivity contribution in [3.8, 4) is 5.75 Å². The van der Waals surface area contributed by atoms with Gasteiger partial charge in [0.15, 0.2) is 6.61 Å². The quantitative estimate of drug-likeness (QED) is 0.782. The summed E-state index contributed by atoms with van der Waals surface area (Å²) in [7, 11) is 4.01. The van der Waals surface area contributed by atoms with E-state index >= 15 is 0 Å². The molecule has 0 fully saturated rings. The number of anilines is 1. The predicted octanol–water partition coefficient (Wildman–Crippen LogP) is 4.19. The van der Waals surface area contributed by atoms with E-state index in [0.717, 1.165) is 12.1 Å². The Hall–Kier alpha value is -1.91. The molecule has 1 N–H and O–H groups in total. The number of ether oxygens (including phenoxy) is 1. The molecule has 2 aromatic carbocycles. The molecular weight excluding hydrogens is 359 g/mol. The Morgan fingerprint density at radius 2 is 1.84 bits per heavy atom. The average molecular weight is 381 g/mol. The van der Waals surface area contributed by atoms with Crippen LogP contribution in [0.25, 0.3) is 0 Å². The first-order valence-electron chi connectivity index (χ1n) is 7.98. The van der Waals surface area contributed by atoms with Gasteiger partial charge in [-0.3, -0.25) is 4.79 Å². The molecule has 0 radical (unpaired) electrons. The second-order valence-electron chi connectivity index (χ2n) is 6.10. The Bertz CT molecular complexity index is 718. The Morgan fingerprint density at radius 3 is 2.44 bits per heavy atom. The van der Waals surface area contributed by atoms with E-state index in [4.69, 9.17) is 27.9 Å². The topological polar surface area (TPSA) is 41.6 Å². The van der Waals surface area contributed by atoms with E-state index in [2.05, 4.69) is 29.6 Å². The lowest BCUT2D eigenvalue weighted by atomic mass is 10.1. The fourth-order valence-corrected chi connectivity index (χ4v) is 2.85. The van der Waals surface area contributed by atoms with Gasteiger partial charge in [0.1, 0.15) is 5.75 Å². The van der Waals surface area contributed by atoms with Crippen molar-refractivity contribution in [1.82, 2.24) is 5.32 Å². The van der Waals surface area contributed by atoms with E-state index in [1.165, 1.54) is 5.56 Å². The largest absolute Gasteiger partial charge is 0.482 e. The van der Waals surface area contributed by atoms with Crippen molar-refractivity contribution < 1.29 is 9.53 Å². The van der Waals surface area contributed by atoms with Crippen molar-refractivity contribution in [2.45, 2.75) is 19.4 Å². The number of hydrogen-bond acceptors (Lipinski definition) is 3. The van der Waals surface area contributed by atoms with Gasteiger partial charge in [0.05, 0.1) is 5.02 Å². The smallest absolute Gasteiger partial charge is 0.258 e. The summed E-state index contributed by atoms with van der Waals surface area (Å²) in [4.78, 5) is 14.1. The van der Waals surface area contributed by atoms with Crippen LogP contribution in [0.4, 0.5) is 5.69 Å². The van der Waals surface area contributed by atoms with E-state index in [0.29, 0.717) is 15.8 Å². The van der Waals surface area contributed by atoms with Crippen LogP contribution in [-0.4, -0.2) is 32.7 Å². The van der Waals surface area contributed by atoms with E-state index < -0.39 is 0 Å². The van der Waals surface area contributed by atoms with E-state index in [-0.39, 0.29) is 18.6 Å². The molecule has 0 heterocycles.